The minimum absolute atomic E-state index is 0.115. The molecule has 1 amide bonds. The summed E-state index contributed by atoms with van der Waals surface area (Å²) in [5.41, 5.74) is 4.52. The first-order valence-corrected chi connectivity index (χ1v) is 11.7. The van der Waals surface area contributed by atoms with Gasteiger partial charge in [0.25, 0.3) is 0 Å². The molecule has 0 saturated heterocycles. The third kappa shape index (κ3) is 3.63. The van der Waals surface area contributed by atoms with Crippen LogP contribution in [-0.4, -0.2) is 33.2 Å². The minimum Gasteiger partial charge on any atom is -0.443 e. The lowest BCUT2D eigenvalue weighted by atomic mass is 9.63. The van der Waals surface area contributed by atoms with Gasteiger partial charge in [0.2, 0.25) is 0 Å². The summed E-state index contributed by atoms with van der Waals surface area (Å²) in [6, 6.07) is 8.56. The van der Waals surface area contributed by atoms with Crippen molar-refractivity contribution in [1.82, 2.24) is 15.0 Å². The van der Waals surface area contributed by atoms with Crippen LogP contribution in [0.1, 0.15) is 63.4 Å². The van der Waals surface area contributed by atoms with Crippen LogP contribution in [0.25, 0.3) is 11.2 Å². The van der Waals surface area contributed by atoms with E-state index in [9.17, 15) is 4.79 Å². The second kappa shape index (κ2) is 7.33. The first kappa shape index (κ1) is 20.5. The van der Waals surface area contributed by atoms with Crippen LogP contribution in [0.3, 0.4) is 0 Å². The summed E-state index contributed by atoms with van der Waals surface area (Å²) < 4.78 is 6.58. The predicted octanol–water partition coefficient (Wildman–Crippen LogP) is 5.88. The highest BCUT2D eigenvalue weighted by Crippen LogP contribution is 2.49. The normalized spacial score (nSPS) is 17.9. The molecule has 1 saturated carbocycles. The predicted molar refractivity (Wildman–Crippen MR) is 125 cm³/mol. The Balaban J connectivity index is 1.51. The number of aromatic nitrogens is 3. The molecule has 1 aliphatic carbocycles. The van der Waals surface area contributed by atoms with Gasteiger partial charge >= 0.3 is 6.09 Å². The average molecular weight is 483 g/mol. The molecule has 0 unspecified atom stereocenters. The van der Waals surface area contributed by atoms with Gasteiger partial charge in [-0.05, 0) is 85.6 Å². The number of carbonyl (C=O) groups excluding carboxylic acids is 1. The van der Waals surface area contributed by atoms with E-state index in [1.54, 1.807) is 11.1 Å². The highest BCUT2D eigenvalue weighted by molar-refractivity contribution is 9.10. The van der Waals surface area contributed by atoms with Crippen molar-refractivity contribution in [3.05, 3.63) is 51.9 Å². The lowest BCUT2D eigenvalue weighted by Crippen LogP contribution is -2.40. The van der Waals surface area contributed by atoms with Gasteiger partial charge in [0, 0.05) is 17.2 Å². The van der Waals surface area contributed by atoms with Gasteiger partial charge in [-0.25, -0.2) is 14.8 Å². The molecule has 2 aliphatic rings. The lowest BCUT2D eigenvalue weighted by Gasteiger charge is -2.41. The van der Waals surface area contributed by atoms with Gasteiger partial charge < -0.3 is 9.72 Å². The molecule has 6 nitrogen and oxygen atoms in total. The zero-order chi connectivity index (χ0) is 21.8. The van der Waals surface area contributed by atoms with Gasteiger partial charge in [-0.15, -0.1) is 0 Å². The molecular formula is C24H27BrN4O2. The fraction of sp³-hybridized carbons (Fsp3) is 0.458. The van der Waals surface area contributed by atoms with Crippen LogP contribution >= 0.6 is 15.9 Å². The Kier molecular flexibility index (Phi) is 4.84. The Morgan fingerprint density at radius 2 is 2.03 bits per heavy atom. The molecular weight excluding hydrogens is 456 g/mol. The maximum absolute atomic E-state index is 12.8. The fourth-order valence-electron chi connectivity index (χ4n) is 4.70. The van der Waals surface area contributed by atoms with Crippen LogP contribution in [0.15, 0.2) is 34.9 Å². The first-order valence-electron chi connectivity index (χ1n) is 10.9. The molecule has 1 aliphatic heterocycles. The number of rotatable bonds is 2. The smallest absolute Gasteiger partial charge is 0.414 e. The van der Waals surface area contributed by atoms with Crippen molar-refractivity contribution in [3.63, 3.8) is 0 Å². The van der Waals surface area contributed by atoms with E-state index in [1.165, 1.54) is 17.5 Å². The molecule has 1 N–H and O–H groups in total. The van der Waals surface area contributed by atoms with E-state index >= 15 is 0 Å². The molecule has 3 aromatic rings. The van der Waals surface area contributed by atoms with Gasteiger partial charge in [0.15, 0.2) is 5.65 Å². The van der Waals surface area contributed by atoms with E-state index in [1.807, 2.05) is 26.8 Å². The van der Waals surface area contributed by atoms with Crippen molar-refractivity contribution in [2.75, 3.05) is 11.4 Å². The number of hydrogen-bond donors (Lipinski definition) is 1. The number of imidazole rings is 1. The van der Waals surface area contributed by atoms with E-state index in [-0.39, 0.29) is 11.5 Å². The number of aryl methyl sites for hydroxylation is 1. The summed E-state index contributed by atoms with van der Waals surface area (Å²) in [5, 5.41) is 0. The molecule has 3 heterocycles. The maximum atomic E-state index is 12.8. The van der Waals surface area contributed by atoms with E-state index in [0.29, 0.717) is 6.54 Å². The third-order valence-corrected chi connectivity index (χ3v) is 6.76. The van der Waals surface area contributed by atoms with Crippen LogP contribution in [0, 0.1) is 0 Å². The van der Waals surface area contributed by atoms with Crippen LogP contribution in [0.4, 0.5) is 10.5 Å². The average Bonchev–Trinajstić information content (AvgIpc) is 3.08. The van der Waals surface area contributed by atoms with E-state index < -0.39 is 5.60 Å². The molecule has 0 radical (unpaired) electrons. The Hall–Kier alpha value is -2.41. The van der Waals surface area contributed by atoms with E-state index in [2.05, 4.69) is 44.1 Å². The second-order valence-corrected chi connectivity index (χ2v) is 10.5. The maximum Gasteiger partial charge on any atom is 0.414 e. The van der Waals surface area contributed by atoms with Crippen molar-refractivity contribution in [3.8, 4) is 0 Å². The number of fused-ring (bicyclic) bond motifs is 2. The lowest BCUT2D eigenvalue weighted by molar-refractivity contribution is 0.0578. The quantitative estimate of drug-likeness (QED) is 0.494. The van der Waals surface area contributed by atoms with Crippen LogP contribution in [0.2, 0.25) is 0 Å². The summed E-state index contributed by atoms with van der Waals surface area (Å²) >= 11 is 3.49. The number of pyridine rings is 1. The van der Waals surface area contributed by atoms with Gasteiger partial charge in [-0.2, -0.15) is 0 Å². The van der Waals surface area contributed by atoms with Gasteiger partial charge in [0.05, 0.1) is 16.6 Å². The van der Waals surface area contributed by atoms with Gasteiger partial charge in [0.1, 0.15) is 11.4 Å². The number of aromatic amines is 1. The molecule has 162 valence electrons. The van der Waals surface area contributed by atoms with Gasteiger partial charge in [-0.3, -0.25) is 4.90 Å². The topological polar surface area (TPSA) is 71.1 Å². The van der Waals surface area contributed by atoms with Crippen LogP contribution in [0.5, 0.6) is 0 Å². The highest BCUT2D eigenvalue weighted by atomic mass is 79.9. The van der Waals surface area contributed by atoms with Crippen molar-refractivity contribution >= 4 is 38.9 Å². The number of anilines is 1. The Morgan fingerprint density at radius 1 is 1.23 bits per heavy atom. The first-order chi connectivity index (χ1) is 14.7. The molecule has 0 spiro atoms. The molecule has 2 aromatic heterocycles. The summed E-state index contributed by atoms with van der Waals surface area (Å²) in [4.78, 5) is 27.4. The third-order valence-electron chi connectivity index (χ3n) is 6.33. The largest absolute Gasteiger partial charge is 0.443 e. The number of benzene rings is 1. The van der Waals surface area contributed by atoms with E-state index in [4.69, 9.17) is 9.72 Å². The number of amides is 1. The number of carbonyl (C=O) groups is 1. The molecule has 5 rings (SSSR count). The SMILES string of the molecule is CC(C)(C)OC(=O)N1CCCc2cc(C3(c4nc5ncc(Br)cc5[nH]4)CCC3)ccc21. The molecule has 31 heavy (non-hydrogen) atoms. The number of hydrogen-bond acceptors (Lipinski definition) is 4. The van der Waals surface area contributed by atoms with Crippen LogP contribution in [-0.2, 0) is 16.6 Å². The Morgan fingerprint density at radius 3 is 2.74 bits per heavy atom. The zero-order valence-electron chi connectivity index (χ0n) is 18.2. The number of nitrogens with zero attached hydrogens (tertiary/aromatic N) is 3. The van der Waals surface area contributed by atoms with Gasteiger partial charge in [-0.1, -0.05) is 18.6 Å². The molecule has 0 bridgehead atoms. The van der Waals surface area contributed by atoms with Crippen molar-refractivity contribution in [2.24, 2.45) is 0 Å². The monoisotopic (exact) mass is 482 g/mol. The fourth-order valence-corrected chi connectivity index (χ4v) is 5.03. The summed E-state index contributed by atoms with van der Waals surface area (Å²) in [6.07, 6.45) is 6.71. The Bertz CT molecular complexity index is 1160. The molecule has 0 atom stereocenters. The van der Waals surface area contributed by atoms with Crippen molar-refractivity contribution < 1.29 is 9.53 Å². The second-order valence-electron chi connectivity index (χ2n) is 9.62. The number of ether oxygens (including phenoxy) is 1. The number of H-pyrrole nitrogens is 1. The van der Waals surface area contributed by atoms with Crippen molar-refractivity contribution in [2.45, 2.75) is 63.9 Å². The highest BCUT2D eigenvalue weighted by Gasteiger charge is 2.43. The molecule has 7 heteroatoms. The van der Waals surface area contributed by atoms with Crippen molar-refractivity contribution in [1.29, 1.82) is 0 Å². The summed E-state index contributed by atoms with van der Waals surface area (Å²) in [5.74, 6) is 0.985. The minimum atomic E-state index is -0.505. The zero-order valence-corrected chi connectivity index (χ0v) is 19.8. The number of nitrogens with one attached hydrogen (secondary N) is 1. The molecule has 1 fully saturated rings. The number of halogens is 1. The summed E-state index contributed by atoms with van der Waals surface area (Å²) in [6.45, 7) is 6.40. The standard InChI is InChI=1S/C24H27BrN4O2/c1-23(2,3)31-22(30)29-11-4-6-15-12-16(7-8-19(15)29)24(9-5-10-24)21-27-18-13-17(25)14-26-20(18)28-21/h7-8,12-14H,4-6,9-11H2,1-3H3,(H,26,27,28). The van der Waals surface area contributed by atoms with Crippen LogP contribution < -0.4 is 4.90 Å². The summed E-state index contributed by atoms with van der Waals surface area (Å²) in [7, 11) is 0. The Labute approximate surface area is 190 Å². The molecule has 1 aromatic carbocycles. The van der Waals surface area contributed by atoms with E-state index in [0.717, 1.165) is 52.8 Å².